The van der Waals surface area contributed by atoms with Crippen molar-refractivity contribution in [2.45, 2.75) is 27.7 Å². The second-order valence-electron chi connectivity index (χ2n) is 5.56. The molecule has 0 bridgehead atoms. The molecule has 0 fully saturated rings. The van der Waals surface area contributed by atoms with E-state index in [0.717, 1.165) is 17.7 Å². The first kappa shape index (κ1) is 12.6. The number of nitrogen functional groups attached to an aromatic ring is 1. The summed E-state index contributed by atoms with van der Waals surface area (Å²) in [6, 6.07) is 0. The van der Waals surface area contributed by atoms with Gasteiger partial charge in [0, 0.05) is 6.54 Å². The summed E-state index contributed by atoms with van der Waals surface area (Å²) in [4.78, 5) is 8.32. The molecule has 0 aliphatic rings. The molecule has 6 heteroatoms. The zero-order valence-corrected chi connectivity index (χ0v) is 11.3. The van der Waals surface area contributed by atoms with Crippen LogP contribution in [0.2, 0.25) is 0 Å². The number of nitrogens with zero attached hydrogens (tertiary/aromatic N) is 3. The molecule has 0 saturated heterocycles. The number of H-pyrrole nitrogens is 1. The molecule has 0 amide bonds. The molecule has 0 atom stereocenters. The van der Waals surface area contributed by atoms with Crippen molar-refractivity contribution in [3.8, 4) is 0 Å². The number of aromatic amines is 1. The molecule has 0 aliphatic heterocycles. The fraction of sp³-hybridized carbons (Fsp3) is 0.583. The van der Waals surface area contributed by atoms with Crippen LogP contribution in [0.4, 0.5) is 11.8 Å². The van der Waals surface area contributed by atoms with Crippen LogP contribution in [0.1, 0.15) is 27.7 Å². The van der Waals surface area contributed by atoms with Gasteiger partial charge in [0.1, 0.15) is 5.82 Å². The van der Waals surface area contributed by atoms with Gasteiger partial charge in [0.2, 0.25) is 5.95 Å². The molecule has 18 heavy (non-hydrogen) atoms. The van der Waals surface area contributed by atoms with Gasteiger partial charge in [0.15, 0.2) is 5.65 Å². The quantitative estimate of drug-likeness (QED) is 0.770. The van der Waals surface area contributed by atoms with E-state index in [1.54, 1.807) is 6.20 Å². The van der Waals surface area contributed by atoms with Gasteiger partial charge in [-0.05, 0) is 11.3 Å². The number of anilines is 2. The van der Waals surface area contributed by atoms with Gasteiger partial charge in [-0.3, -0.25) is 5.10 Å². The molecule has 2 rings (SSSR count). The molecule has 0 saturated carbocycles. The number of hydrogen-bond donors (Lipinski definition) is 3. The van der Waals surface area contributed by atoms with E-state index >= 15 is 0 Å². The van der Waals surface area contributed by atoms with Crippen LogP contribution in [0.5, 0.6) is 0 Å². The van der Waals surface area contributed by atoms with Crippen LogP contribution in [0.15, 0.2) is 6.20 Å². The van der Waals surface area contributed by atoms with Crippen LogP contribution in [-0.2, 0) is 0 Å². The number of aromatic nitrogens is 4. The van der Waals surface area contributed by atoms with Crippen molar-refractivity contribution in [2.75, 3.05) is 17.6 Å². The Hall–Kier alpha value is -1.85. The van der Waals surface area contributed by atoms with E-state index in [-0.39, 0.29) is 11.4 Å². The van der Waals surface area contributed by atoms with Gasteiger partial charge in [-0.25, -0.2) is 0 Å². The molecule has 0 spiro atoms. The molecule has 0 radical (unpaired) electrons. The maximum absolute atomic E-state index is 5.67. The maximum atomic E-state index is 5.67. The molecular formula is C12H20N6. The normalized spacial score (nSPS) is 12.3. The lowest BCUT2D eigenvalue weighted by molar-refractivity contribution is 0.269. The number of fused-ring (bicyclic) bond motifs is 1. The summed E-state index contributed by atoms with van der Waals surface area (Å²) in [5.41, 5.74) is 6.51. The van der Waals surface area contributed by atoms with Gasteiger partial charge in [-0.2, -0.15) is 15.1 Å². The van der Waals surface area contributed by atoms with Crippen LogP contribution in [-0.4, -0.2) is 26.7 Å². The summed E-state index contributed by atoms with van der Waals surface area (Å²) in [7, 11) is 0. The Morgan fingerprint density at radius 3 is 2.78 bits per heavy atom. The van der Waals surface area contributed by atoms with E-state index < -0.39 is 0 Å². The predicted molar refractivity (Wildman–Crippen MR) is 73.2 cm³/mol. The van der Waals surface area contributed by atoms with E-state index in [0.29, 0.717) is 11.6 Å². The molecule has 0 aliphatic carbocycles. The highest BCUT2D eigenvalue weighted by molar-refractivity contribution is 5.86. The molecule has 6 nitrogen and oxygen atoms in total. The van der Waals surface area contributed by atoms with Gasteiger partial charge in [0.25, 0.3) is 0 Å². The van der Waals surface area contributed by atoms with Gasteiger partial charge in [0.05, 0.1) is 11.6 Å². The summed E-state index contributed by atoms with van der Waals surface area (Å²) in [6.07, 6.45) is 1.71. The fourth-order valence-corrected chi connectivity index (χ4v) is 1.50. The first-order chi connectivity index (χ1) is 8.40. The standard InChI is InChI=1S/C12H20N6/c1-7(2)12(3,4)6-14-9-8-5-15-18-10(8)17-11(13)16-9/h5,7H,6H2,1-4H3,(H4,13,14,15,16,17,18). The Kier molecular flexibility index (Phi) is 3.11. The summed E-state index contributed by atoms with van der Waals surface area (Å²) in [5, 5.41) is 11.0. The van der Waals surface area contributed by atoms with E-state index in [1.807, 2.05) is 0 Å². The van der Waals surface area contributed by atoms with Crippen molar-refractivity contribution in [3.05, 3.63) is 6.20 Å². The largest absolute Gasteiger partial charge is 0.369 e. The van der Waals surface area contributed by atoms with Gasteiger partial charge < -0.3 is 11.1 Å². The Bertz CT molecular complexity index is 542. The van der Waals surface area contributed by atoms with Crippen molar-refractivity contribution >= 4 is 22.8 Å². The summed E-state index contributed by atoms with van der Waals surface area (Å²) >= 11 is 0. The second-order valence-corrected chi connectivity index (χ2v) is 5.56. The maximum Gasteiger partial charge on any atom is 0.224 e. The van der Waals surface area contributed by atoms with E-state index in [2.05, 4.69) is 53.2 Å². The lowest BCUT2D eigenvalue weighted by Crippen LogP contribution is -2.28. The minimum atomic E-state index is 0.176. The predicted octanol–water partition coefficient (Wildman–Crippen LogP) is 2.03. The topological polar surface area (TPSA) is 92.5 Å². The smallest absolute Gasteiger partial charge is 0.224 e. The lowest BCUT2D eigenvalue weighted by atomic mass is 9.81. The van der Waals surface area contributed by atoms with Crippen molar-refractivity contribution in [1.29, 1.82) is 0 Å². The monoisotopic (exact) mass is 248 g/mol. The van der Waals surface area contributed by atoms with Gasteiger partial charge >= 0.3 is 0 Å². The molecule has 0 aromatic carbocycles. The number of rotatable bonds is 4. The third-order valence-electron chi connectivity index (χ3n) is 3.60. The van der Waals surface area contributed by atoms with Crippen LogP contribution >= 0.6 is 0 Å². The summed E-state index contributed by atoms with van der Waals surface area (Å²) in [6.45, 7) is 9.69. The molecule has 2 aromatic rings. The zero-order chi connectivity index (χ0) is 13.3. The SMILES string of the molecule is CC(C)C(C)(C)CNc1nc(N)nc2[nH]ncc12. The third-order valence-corrected chi connectivity index (χ3v) is 3.60. The highest BCUT2D eigenvalue weighted by Crippen LogP contribution is 2.27. The van der Waals surface area contributed by atoms with Crippen molar-refractivity contribution in [3.63, 3.8) is 0 Å². The first-order valence-electron chi connectivity index (χ1n) is 6.10. The van der Waals surface area contributed by atoms with Crippen LogP contribution in [0, 0.1) is 11.3 Å². The van der Waals surface area contributed by atoms with Crippen molar-refractivity contribution in [2.24, 2.45) is 11.3 Å². The molecular weight excluding hydrogens is 228 g/mol. The second kappa shape index (κ2) is 4.44. The molecule has 98 valence electrons. The molecule has 4 N–H and O–H groups in total. The fourth-order valence-electron chi connectivity index (χ4n) is 1.50. The number of nitrogens with one attached hydrogen (secondary N) is 2. The van der Waals surface area contributed by atoms with E-state index in [1.165, 1.54) is 0 Å². The summed E-state index contributed by atoms with van der Waals surface area (Å²) < 4.78 is 0. The molecule has 2 heterocycles. The minimum absolute atomic E-state index is 0.176. The van der Waals surface area contributed by atoms with Gasteiger partial charge in [-0.15, -0.1) is 0 Å². The van der Waals surface area contributed by atoms with Crippen molar-refractivity contribution in [1.82, 2.24) is 20.2 Å². The van der Waals surface area contributed by atoms with Crippen molar-refractivity contribution < 1.29 is 0 Å². The molecule has 2 aromatic heterocycles. The van der Waals surface area contributed by atoms with E-state index in [9.17, 15) is 0 Å². The number of nitrogens with two attached hydrogens (primary N) is 1. The van der Waals surface area contributed by atoms with Gasteiger partial charge in [-0.1, -0.05) is 27.7 Å². The average Bonchev–Trinajstić information content (AvgIpc) is 2.73. The Balaban J connectivity index is 2.24. The van der Waals surface area contributed by atoms with Crippen LogP contribution < -0.4 is 11.1 Å². The third kappa shape index (κ3) is 2.37. The average molecular weight is 248 g/mol. The minimum Gasteiger partial charge on any atom is -0.369 e. The Morgan fingerprint density at radius 1 is 1.39 bits per heavy atom. The molecule has 0 unspecified atom stereocenters. The zero-order valence-electron chi connectivity index (χ0n) is 11.3. The first-order valence-corrected chi connectivity index (χ1v) is 6.10. The van der Waals surface area contributed by atoms with Crippen LogP contribution in [0.25, 0.3) is 11.0 Å². The van der Waals surface area contributed by atoms with Crippen LogP contribution in [0.3, 0.4) is 0 Å². The highest BCUT2D eigenvalue weighted by atomic mass is 15.2. The highest BCUT2D eigenvalue weighted by Gasteiger charge is 2.22. The lowest BCUT2D eigenvalue weighted by Gasteiger charge is -2.29. The Labute approximate surface area is 106 Å². The Morgan fingerprint density at radius 2 is 2.11 bits per heavy atom. The van der Waals surface area contributed by atoms with E-state index in [4.69, 9.17) is 5.73 Å². The number of hydrogen-bond acceptors (Lipinski definition) is 5. The summed E-state index contributed by atoms with van der Waals surface area (Å²) in [5.74, 6) is 1.56.